The van der Waals surface area contributed by atoms with E-state index in [1.807, 2.05) is 0 Å². The molecular formula is C11H9N5O. The molecule has 0 saturated heterocycles. The molecule has 17 heavy (non-hydrogen) atoms. The van der Waals surface area contributed by atoms with Crippen LogP contribution in [0.2, 0.25) is 0 Å². The van der Waals surface area contributed by atoms with Gasteiger partial charge in [-0.3, -0.25) is 9.36 Å². The Balaban J connectivity index is 2.38. The number of hydrogen-bond donors (Lipinski definition) is 0. The second-order valence-electron chi connectivity index (χ2n) is 3.32. The molecule has 0 unspecified atom stereocenters. The minimum absolute atomic E-state index is 0.160. The van der Waals surface area contributed by atoms with Crippen molar-refractivity contribution in [3.8, 4) is 0 Å². The maximum atomic E-state index is 12.1. The molecule has 0 aliphatic carbocycles. The van der Waals surface area contributed by atoms with Crippen LogP contribution < -0.4 is 0 Å². The summed E-state index contributed by atoms with van der Waals surface area (Å²) in [5, 5.41) is 3.47. The normalized spacial score (nSPS) is 9.65. The number of imidazole rings is 1. The zero-order valence-corrected chi connectivity index (χ0v) is 8.89. The number of carbonyl (C=O) groups is 1. The van der Waals surface area contributed by atoms with Crippen molar-refractivity contribution in [3.05, 3.63) is 64.6 Å². The van der Waals surface area contributed by atoms with Crippen LogP contribution in [0.15, 0.2) is 48.1 Å². The molecule has 84 valence electrons. The van der Waals surface area contributed by atoms with Crippen LogP contribution in [0.4, 0.5) is 0 Å². The van der Waals surface area contributed by atoms with E-state index in [4.69, 9.17) is 5.53 Å². The Kier molecular flexibility index (Phi) is 3.18. The molecule has 0 aliphatic rings. The van der Waals surface area contributed by atoms with Crippen molar-refractivity contribution in [2.45, 2.75) is 6.54 Å². The molecule has 2 rings (SSSR count). The van der Waals surface area contributed by atoms with Gasteiger partial charge in [0.25, 0.3) is 5.91 Å². The molecule has 0 saturated carbocycles. The van der Waals surface area contributed by atoms with Crippen molar-refractivity contribution in [3.63, 3.8) is 0 Å². The molecule has 1 aromatic heterocycles. The summed E-state index contributed by atoms with van der Waals surface area (Å²) in [6.07, 6.45) is 4.55. The number of carbonyl (C=O) groups excluding carboxylic acids is 1. The molecule has 1 aromatic carbocycles. The van der Waals surface area contributed by atoms with Crippen molar-refractivity contribution < 1.29 is 4.79 Å². The van der Waals surface area contributed by atoms with E-state index in [1.54, 1.807) is 30.5 Å². The second-order valence-corrected chi connectivity index (χ2v) is 3.32. The SMILES string of the molecule is [N-]=[N+]=NCc1ccccc1C(=O)n1ccnc1. The maximum absolute atomic E-state index is 12.1. The topological polar surface area (TPSA) is 83.7 Å². The van der Waals surface area contributed by atoms with Gasteiger partial charge in [-0.05, 0) is 17.2 Å². The first kappa shape index (κ1) is 10.9. The van der Waals surface area contributed by atoms with Gasteiger partial charge in [0.1, 0.15) is 6.33 Å². The molecule has 6 nitrogen and oxygen atoms in total. The first-order valence-corrected chi connectivity index (χ1v) is 4.94. The monoisotopic (exact) mass is 227 g/mol. The smallest absolute Gasteiger partial charge is 0.263 e. The highest BCUT2D eigenvalue weighted by atomic mass is 16.2. The van der Waals surface area contributed by atoms with E-state index in [0.29, 0.717) is 11.1 Å². The average molecular weight is 227 g/mol. The number of azide groups is 1. The van der Waals surface area contributed by atoms with E-state index in [9.17, 15) is 4.79 Å². The van der Waals surface area contributed by atoms with Gasteiger partial charge in [-0.1, -0.05) is 23.3 Å². The van der Waals surface area contributed by atoms with Gasteiger partial charge in [0.05, 0.1) is 6.54 Å². The first-order valence-electron chi connectivity index (χ1n) is 4.94. The molecule has 0 atom stereocenters. The summed E-state index contributed by atoms with van der Waals surface area (Å²) in [6.45, 7) is 0.160. The summed E-state index contributed by atoms with van der Waals surface area (Å²) in [5.74, 6) is -0.189. The lowest BCUT2D eigenvalue weighted by atomic mass is 10.1. The van der Waals surface area contributed by atoms with Gasteiger partial charge in [-0.25, -0.2) is 4.98 Å². The maximum Gasteiger partial charge on any atom is 0.263 e. The summed E-state index contributed by atoms with van der Waals surface area (Å²) in [5.41, 5.74) is 9.51. The number of nitrogens with zero attached hydrogens (tertiary/aromatic N) is 5. The van der Waals surface area contributed by atoms with Crippen LogP contribution >= 0.6 is 0 Å². The molecule has 1 heterocycles. The average Bonchev–Trinajstić information content (AvgIpc) is 2.89. The highest BCUT2D eigenvalue weighted by Crippen LogP contribution is 2.12. The van der Waals surface area contributed by atoms with Crippen LogP contribution in [-0.2, 0) is 6.54 Å². The highest BCUT2D eigenvalue weighted by molar-refractivity contribution is 5.97. The van der Waals surface area contributed by atoms with Gasteiger partial charge < -0.3 is 0 Å². The summed E-state index contributed by atoms with van der Waals surface area (Å²) in [6, 6.07) is 7.03. The lowest BCUT2D eigenvalue weighted by Gasteiger charge is -2.06. The van der Waals surface area contributed by atoms with Crippen LogP contribution in [0.25, 0.3) is 10.4 Å². The predicted octanol–water partition coefficient (Wildman–Crippen LogP) is 2.38. The zero-order chi connectivity index (χ0) is 12.1. The molecule has 0 amide bonds. The first-order chi connectivity index (χ1) is 8.33. The third kappa shape index (κ3) is 2.32. The lowest BCUT2D eigenvalue weighted by Crippen LogP contribution is -2.12. The zero-order valence-electron chi connectivity index (χ0n) is 8.89. The molecule has 0 radical (unpaired) electrons. The fourth-order valence-corrected chi connectivity index (χ4v) is 1.49. The van der Waals surface area contributed by atoms with E-state index < -0.39 is 0 Å². The molecule has 6 heteroatoms. The number of aromatic nitrogens is 2. The van der Waals surface area contributed by atoms with Crippen molar-refractivity contribution in [2.24, 2.45) is 5.11 Å². The number of hydrogen-bond acceptors (Lipinski definition) is 3. The molecule has 0 N–H and O–H groups in total. The third-order valence-corrected chi connectivity index (χ3v) is 2.29. The Bertz CT molecular complexity index is 569. The molecule has 0 spiro atoms. The molecule has 2 aromatic rings. The Morgan fingerprint density at radius 3 is 3.00 bits per heavy atom. The molecule has 0 aliphatic heterocycles. The van der Waals surface area contributed by atoms with Crippen molar-refractivity contribution in [1.29, 1.82) is 0 Å². The van der Waals surface area contributed by atoms with E-state index >= 15 is 0 Å². The Hall–Kier alpha value is -2.59. The van der Waals surface area contributed by atoms with Crippen LogP contribution in [-0.4, -0.2) is 15.5 Å². The lowest BCUT2D eigenvalue weighted by molar-refractivity contribution is 0.0959. The van der Waals surface area contributed by atoms with Crippen LogP contribution in [0.5, 0.6) is 0 Å². The molecule has 0 bridgehead atoms. The van der Waals surface area contributed by atoms with Gasteiger partial charge in [-0.2, -0.15) is 0 Å². The standard InChI is InChI=1S/C11H9N5O/c12-15-14-7-9-3-1-2-4-10(9)11(17)16-6-5-13-8-16/h1-6,8H,7H2. The van der Waals surface area contributed by atoms with Crippen molar-refractivity contribution >= 4 is 5.91 Å². The third-order valence-electron chi connectivity index (χ3n) is 2.29. The van der Waals surface area contributed by atoms with Crippen LogP contribution in [0.1, 0.15) is 15.9 Å². The van der Waals surface area contributed by atoms with Gasteiger partial charge in [-0.15, -0.1) is 0 Å². The van der Waals surface area contributed by atoms with Gasteiger partial charge in [0.15, 0.2) is 0 Å². The quantitative estimate of drug-likeness (QED) is 0.458. The largest absolute Gasteiger partial charge is 0.272 e. The Morgan fingerprint density at radius 2 is 2.29 bits per heavy atom. The van der Waals surface area contributed by atoms with E-state index in [2.05, 4.69) is 15.0 Å². The van der Waals surface area contributed by atoms with Crippen molar-refractivity contribution in [2.75, 3.05) is 0 Å². The summed E-state index contributed by atoms with van der Waals surface area (Å²) < 4.78 is 1.38. The van der Waals surface area contributed by atoms with Crippen LogP contribution in [0.3, 0.4) is 0 Å². The van der Waals surface area contributed by atoms with Crippen LogP contribution in [0, 0.1) is 0 Å². The molecule has 0 fully saturated rings. The van der Waals surface area contributed by atoms with Gasteiger partial charge >= 0.3 is 0 Å². The Labute approximate surface area is 97.2 Å². The van der Waals surface area contributed by atoms with E-state index in [-0.39, 0.29) is 12.5 Å². The van der Waals surface area contributed by atoms with Crippen molar-refractivity contribution in [1.82, 2.24) is 9.55 Å². The highest BCUT2D eigenvalue weighted by Gasteiger charge is 2.11. The predicted molar refractivity (Wildman–Crippen MR) is 61.2 cm³/mol. The van der Waals surface area contributed by atoms with Gasteiger partial charge in [0, 0.05) is 22.9 Å². The fraction of sp³-hybridized carbons (Fsp3) is 0.0909. The fourth-order valence-electron chi connectivity index (χ4n) is 1.49. The van der Waals surface area contributed by atoms with E-state index in [1.165, 1.54) is 17.1 Å². The van der Waals surface area contributed by atoms with Gasteiger partial charge in [0.2, 0.25) is 0 Å². The molecular weight excluding hydrogens is 218 g/mol. The Morgan fingerprint density at radius 1 is 1.47 bits per heavy atom. The summed E-state index contributed by atoms with van der Waals surface area (Å²) in [7, 11) is 0. The van der Waals surface area contributed by atoms with E-state index in [0.717, 1.165) is 0 Å². The summed E-state index contributed by atoms with van der Waals surface area (Å²) >= 11 is 0. The number of rotatable bonds is 3. The number of benzene rings is 1. The second kappa shape index (κ2) is 4.96. The minimum Gasteiger partial charge on any atom is -0.272 e. The minimum atomic E-state index is -0.189. The summed E-state index contributed by atoms with van der Waals surface area (Å²) in [4.78, 5) is 18.6.